The van der Waals surface area contributed by atoms with Crippen LogP contribution in [0.25, 0.3) is 0 Å². The fraction of sp³-hybridized carbons (Fsp3) is 0.467. The Bertz CT molecular complexity index is 845. The lowest BCUT2D eigenvalue weighted by atomic mass is 9.87. The summed E-state index contributed by atoms with van der Waals surface area (Å²) in [5, 5.41) is 0.804. The highest BCUT2D eigenvalue weighted by atomic mass is 35.5. The van der Waals surface area contributed by atoms with Gasteiger partial charge in [0.2, 0.25) is 0 Å². The Balaban J connectivity index is 0.000000440. The second kappa shape index (κ2) is 14.3. The van der Waals surface area contributed by atoms with Crippen LogP contribution in [0, 0.1) is 0 Å². The Labute approximate surface area is 208 Å². The van der Waals surface area contributed by atoms with Crippen LogP contribution in [-0.2, 0) is 21.0 Å². The molecule has 0 radical (unpaired) electrons. The van der Waals surface area contributed by atoms with Gasteiger partial charge in [-0.05, 0) is 46.2 Å². The van der Waals surface area contributed by atoms with Gasteiger partial charge in [0.05, 0.1) is 6.26 Å². The molecule has 0 bridgehead atoms. The fourth-order valence-electron chi connectivity index (χ4n) is 2.59. The van der Waals surface area contributed by atoms with E-state index < -0.39 is 0 Å². The summed E-state index contributed by atoms with van der Waals surface area (Å²) in [5.74, 6) is 1.04. The van der Waals surface area contributed by atoms with E-state index in [0.29, 0.717) is 5.41 Å². The number of methoxy groups -OCH3 is 1. The van der Waals surface area contributed by atoms with E-state index >= 15 is 0 Å². The van der Waals surface area contributed by atoms with Gasteiger partial charge in [0.1, 0.15) is 5.76 Å². The molecular weight excluding hydrogens is 428 g/mol. The smallest absolute Gasteiger partial charge is 0.109 e. The van der Waals surface area contributed by atoms with Crippen molar-refractivity contribution in [3.63, 3.8) is 0 Å². The van der Waals surface area contributed by atoms with Crippen molar-refractivity contribution in [1.82, 2.24) is 0 Å². The first-order chi connectivity index (χ1) is 15.1. The highest BCUT2D eigenvalue weighted by Crippen LogP contribution is 2.23. The van der Waals surface area contributed by atoms with Gasteiger partial charge in [0.25, 0.3) is 0 Å². The van der Waals surface area contributed by atoms with Crippen molar-refractivity contribution in [1.29, 1.82) is 0 Å². The summed E-state index contributed by atoms with van der Waals surface area (Å²) in [6.45, 7) is 19.6. The first kappa shape index (κ1) is 31.0. The van der Waals surface area contributed by atoms with Gasteiger partial charge < -0.3 is 9.15 Å². The second-order valence-corrected chi connectivity index (χ2v) is 11.4. The third-order valence-corrected chi connectivity index (χ3v) is 4.86. The van der Waals surface area contributed by atoms with Crippen LogP contribution >= 0.6 is 11.6 Å². The summed E-state index contributed by atoms with van der Waals surface area (Å²) in [5.41, 5.74) is 3.40. The van der Waals surface area contributed by atoms with Gasteiger partial charge in [-0.1, -0.05) is 116 Å². The van der Waals surface area contributed by atoms with E-state index in [1.807, 2.05) is 24.3 Å². The molecular formula is C30H45ClO2. The Morgan fingerprint density at radius 3 is 1.27 bits per heavy atom. The maximum Gasteiger partial charge on any atom is 0.109 e. The van der Waals surface area contributed by atoms with E-state index in [4.69, 9.17) is 16.0 Å². The lowest BCUT2D eigenvalue weighted by Gasteiger charge is -2.18. The molecule has 0 N–H and O–H groups in total. The molecule has 0 unspecified atom stereocenters. The number of benzene rings is 2. The minimum Gasteiger partial charge on any atom is -0.469 e. The molecule has 3 heteroatoms. The maximum absolute atomic E-state index is 5.76. The van der Waals surface area contributed by atoms with E-state index in [1.54, 1.807) is 20.5 Å². The average molecular weight is 473 g/mol. The average Bonchev–Trinajstić information content (AvgIpc) is 3.25. The van der Waals surface area contributed by atoms with Crippen LogP contribution in [0.2, 0.25) is 5.02 Å². The molecule has 2 nitrogen and oxygen atoms in total. The van der Waals surface area contributed by atoms with Crippen molar-refractivity contribution >= 4 is 11.6 Å². The van der Waals surface area contributed by atoms with Crippen molar-refractivity contribution in [3.05, 3.63) is 94.9 Å². The van der Waals surface area contributed by atoms with Crippen LogP contribution < -0.4 is 0 Å². The molecule has 3 rings (SSSR count). The molecule has 2 aromatic carbocycles. The molecule has 0 spiro atoms. The van der Waals surface area contributed by atoms with Crippen LogP contribution in [0.15, 0.2) is 77.4 Å². The van der Waals surface area contributed by atoms with E-state index in [2.05, 4.69) is 110 Å². The second-order valence-electron chi connectivity index (χ2n) is 11.0. The van der Waals surface area contributed by atoms with Crippen LogP contribution in [0.3, 0.4) is 0 Å². The van der Waals surface area contributed by atoms with Gasteiger partial charge in [0, 0.05) is 24.7 Å². The van der Waals surface area contributed by atoms with E-state index in [-0.39, 0.29) is 10.8 Å². The molecule has 33 heavy (non-hydrogen) atoms. The van der Waals surface area contributed by atoms with Gasteiger partial charge in [-0.3, -0.25) is 0 Å². The van der Waals surface area contributed by atoms with Crippen LogP contribution in [0.5, 0.6) is 0 Å². The number of hydrogen-bond acceptors (Lipinski definition) is 2. The minimum atomic E-state index is 0.156. The van der Waals surface area contributed by atoms with Crippen molar-refractivity contribution in [3.8, 4) is 0 Å². The molecule has 3 aromatic rings. The summed E-state index contributed by atoms with van der Waals surface area (Å²) < 4.78 is 9.45. The maximum atomic E-state index is 5.76. The van der Waals surface area contributed by atoms with Crippen LogP contribution in [0.4, 0.5) is 0 Å². The lowest BCUT2D eigenvalue weighted by molar-refractivity contribution is 0.277. The third-order valence-electron chi connectivity index (χ3n) is 4.61. The molecule has 0 saturated heterocycles. The lowest BCUT2D eigenvalue weighted by Crippen LogP contribution is -2.10. The normalized spacial score (nSPS) is 11.2. The molecule has 0 fully saturated rings. The van der Waals surface area contributed by atoms with Crippen molar-refractivity contribution in [2.75, 3.05) is 14.2 Å². The van der Waals surface area contributed by atoms with Crippen molar-refractivity contribution < 1.29 is 9.15 Å². The third kappa shape index (κ3) is 14.0. The summed E-state index contributed by atoms with van der Waals surface area (Å²) in [7, 11) is 3.25. The van der Waals surface area contributed by atoms with Gasteiger partial charge in [0.15, 0.2) is 0 Å². The number of furan rings is 1. The first-order valence-electron chi connectivity index (χ1n) is 11.4. The van der Waals surface area contributed by atoms with Crippen molar-refractivity contribution in [2.45, 2.75) is 78.6 Å². The van der Waals surface area contributed by atoms with E-state index in [0.717, 1.165) is 10.8 Å². The van der Waals surface area contributed by atoms with Crippen LogP contribution in [0.1, 0.15) is 79.2 Å². The molecule has 1 aromatic heterocycles. The number of hydrogen-bond donors (Lipinski definition) is 0. The largest absolute Gasteiger partial charge is 0.469 e. The Hall–Kier alpha value is -2.03. The first-order valence-corrected chi connectivity index (χ1v) is 11.8. The zero-order valence-corrected chi connectivity index (χ0v) is 23.4. The summed E-state index contributed by atoms with van der Waals surface area (Å²) in [4.78, 5) is 0. The predicted molar refractivity (Wildman–Crippen MR) is 146 cm³/mol. The minimum absolute atomic E-state index is 0.156. The Kier molecular flexibility index (Phi) is 13.4. The van der Waals surface area contributed by atoms with Crippen molar-refractivity contribution in [2.24, 2.45) is 0 Å². The Morgan fingerprint density at radius 1 is 0.576 bits per heavy atom. The summed E-state index contributed by atoms with van der Waals surface area (Å²) in [6, 6.07) is 22.5. The molecule has 0 aliphatic carbocycles. The van der Waals surface area contributed by atoms with Gasteiger partial charge >= 0.3 is 0 Å². The number of ether oxygens (including phenoxy) is 1. The number of rotatable bonds is 0. The zero-order chi connectivity index (χ0) is 25.7. The molecule has 184 valence electrons. The SMILES string of the molecule is CC(C)(C)c1ccc(Cl)cc1.CC(C)(C)c1ccccc1.CC(C)(C)c1ccco1.COC. The van der Waals surface area contributed by atoms with E-state index in [9.17, 15) is 0 Å². The standard InChI is InChI=1S/C10H13Cl.C10H14.C8H12O.C2H6O/c1-10(2,3)8-4-6-9(11)7-5-8;1-10(2,3)9-7-5-4-6-8-9;1-8(2,3)7-5-4-6-9-7;1-3-2/h4-7H,1-3H3;4-8H,1-3H3;4-6H,1-3H3;1-2H3. The van der Waals surface area contributed by atoms with Gasteiger partial charge in [-0.15, -0.1) is 0 Å². The topological polar surface area (TPSA) is 22.4 Å². The monoisotopic (exact) mass is 472 g/mol. The molecule has 0 aliphatic rings. The highest BCUT2D eigenvalue weighted by Gasteiger charge is 2.15. The van der Waals surface area contributed by atoms with Gasteiger partial charge in [-0.25, -0.2) is 0 Å². The van der Waals surface area contributed by atoms with Crippen LogP contribution in [-0.4, -0.2) is 14.2 Å². The summed E-state index contributed by atoms with van der Waals surface area (Å²) in [6.07, 6.45) is 1.71. The number of halogens is 1. The van der Waals surface area contributed by atoms with E-state index in [1.165, 1.54) is 11.1 Å². The fourth-order valence-corrected chi connectivity index (χ4v) is 2.72. The molecule has 1 heterocycles. The molecule has 0 saturated carbocycles. The Morgan fingerprint density at radius 2 is 1.00 bits per heavy atom. The summed E-state index contributed by atoms with van der Waals surface area (Å²) >= 11 is 5.76. The molecule has 0 atom stereocenters. The quantitative estimate of drug-likeness (QED) is 0.325. The van der Waals surface area contributed by atoms with Gasteiger partial charge in [-0.2, -0.15) is 0 Å². The zero-order valence-electron chi connectivity index (χ0n) is 22.6. The predicted octanol–water partition coefficient (Wildman–Crippen LogP) is 9.46. The molecule has 0 amide bonds. The highest BCUT2D eigenvalue weighted by molar-refractivity contribution is 6.30. The molecule has 0 aliphatic heterocycles.